The predicted molar refractivity (Wildman–Crippen MR) is 57.9 cm³/mol. The molecule has 2 saturated carbocycles. The van der Waals surface area contributed by atoms with Gasteiger partial charge in [0.25, 0.3) is 0 Å². The van der Waals surface area contributed by atoms with Crippen LogP contribution in [-0.2, 0) is 4.79 Å². The van der Waals surface area contributed by atoms with E-state index in [4.69, 9.17) is 0 Å². The second kappa shape index (κ2) is 3.52. The molecule has 0 bridgehead atoms. The fourth-order valence-electron chi connectivity index (χ4n) is 3.53. The Bertz CT molecular complexity index is 254. The first-order valence-corrected chi connectivity index (χ1v) is 5.81. The third kappa shape index (κ3) is 1.34. The topological polar surface area (TPSA) is 17.1 Å². The summed E-state index contributed by atoms with van der Waals surface area (Å²) in [5.41, 5.74) is 0. The lowest BCUT2D eigenvalue weighted by Gasteiger charge is -2.45. The Hall–Kier alpha value is -0.590. The largest absolute Gasteiger partial charge is 0.295 e. The van der Waals surface area contributed by atoms with Crippen molar-refractivity contribution in [3.8, 4) is 0 Å². The van der Waals surface area contributed by atoms with E-state index in [0.29, 0.717) is 17.6 Å². The van der Waals surface area contributed by atoms with Gasteiger partial charge < -0.3 is 0 Å². The first-order valence-electron chi connectivity index (χ1n) is 5.81. The Morgan fingerprint density at radius 2 is 2.07 bits per heavy atom. The van der Waals surface area contributed by atoms with E-state index < -0.39 is 0 Å². The minimum atomic E-state index is 0.291. The lowest BCUT2D eigenvalue weighted by molar-refractivity contribution is -0.121. The van der Waals surface area contributed by atoms with Crippen molar-refractivity contribution >= 4 is 5.78 Å². The summed E-state index contributed by atoms with van der Waals surface area (Å²) >= 11 is 0. The first-order chi connectivity index (χ1) is 6.65. The van der Waals surface area contributed by atoms with Crippen molar-refractivity contribution in [1.82, 2.24) is 0 Å². The van der Waals surface area contributed by atoms with Gasteiger partial charge in [0.1, 0.15) is 0 Å². The number of fused-ring (bicyclic) bond motifs is 1. The van der Waals surface area contributed by atoms with Gasteiger partial charge in [0, 0.05) is 5.92 Å². The summed E-state index contributed by atoms with van der Waals surface area (Å²) in [5, 5.41) is 0. The van der Waals surface area contributed by atoms with Gasteiger partial charge in [0.2, 0.25) is 0 Å². The maximum Gasteiger partial charge on any atom is 0.158 e. The summed E-state index contributed by atoms with van der Waals surface area (Å²) in [7, 11) is 0. The third-order valence-corrected chi connectivity index (χ3v) is 4.39. The van der Waals surface area contributed by atoms with Gasteiger partial charge in [-0.2, -0.15) is 0 Å². The molecule has 0 aromatic rings. The Labute approximate surface area is 86.6 Å². The average molecular weight is 192 g/mol. The van der Waals surface area contributed by atoms with Crippen LogP contribution in [0.3, 0.4) is 0 Å². The molecule has 14 heavy (non-hydrogen) atoms. The molecular weight excluding hydrogens is 172 g/mol. The Morgan fingerprint density at radius 3 is 2.64 bits per heavy atom. The van der Waals surface area contributed by atoms with Crippen LogP contribution in [0.2, 0.25) is 0 Å². The number of allylic oxidation sites excluding steroid dienone is 1. The van der Waals surface area contributed by atoms with E-state index in [-0.39, 0.29) is 0 Å². The summed E-state index contributed by atoms with van der Waals surface area (Å²) in [6.07, 6.45) is 5.20. The van der Waals surface area contributed by atoms with Crippen molar-refractivity contribution in [2.45, 2.75) is 33.1 Å². The molecule has 0 aromatic carbocycles. The van der Waals surface area contributed by atoms with Crippen LogP contribution in [0.25, 0.3) is 0 Å². The quantitative estimate of drug-likeness (QED) is 0.628. The van der Waals surface area contributed by atoms with Crippen LogP contribution in [0.4, 0.5) is 0 Å². The lowest BCUT2D eigenvalue weighted by Crippen LogP contribution is -2.40. The molecule has 0 spiro atoms. The van der Waals surface area contributed by atoms with Crippen LogP contribution in [0.5, 0.6) is 0 Å². The van der Waals surface area contributed by atoms with Gasteiger partial charge in [0.15, 0.2) is 5.78 Å². The van der Waals surface area contributed by atoms with Crippen LogP contribution < -0.4 is 0 Å². The SMILES string of the molecule is C=CC(=O)C1CCC2C(C(C)C)CC12. The van der Waals surface area contributed by atoms with E-state index in [9.17, 15) is 4.79 Å². The van der Waals surface area contributed by atoms with E-state index in [2.05, 4.69) is 20.4 Å². The molecular formula is C13H20O. The molecule has 1 nitrogen and oxygen atoms in total. The molecule has 0 heterocycles. The van der Waals surface area contributed by atoms with Crippen molar-refractivity contribution in [3.05, 3.63) is 12.7 Å². The van der Waals surface area contributed by atoms with Crippen molar-refractivity contribution < 1.29 is 4.79 Å². The van der Waals surface area contributed by atoms with Crippen LogP contribution in [0.15, 0.2) is 12.7 Å². The second-order valence-corrected chi connectivity index (χ2v) is 5.26. The second-order valence-electron chi connectivity index (χ2n) is 5.26. The van der Waals surface area contributed by atoms with Gasteiger partial charge in [0.05, 0.1) is 0 Å². The predicted octanol–water partition coefficient (Wildman–Crippen LogP) is 3.06. The standard InChI is InChI=1S/C13H20O/c1-4-13(14)10-6-5-9-11(8(2)3)7-12(9)10/h4,8-12H,1,5-7H2,2-3H3. The highest BCUT2D eigenvalue weighted by Crippen LogP contribution is 2.56. The van der Waals surface area contributed by atoms with Crippen LogP contribution >= 0.6 is 0 Å². The maximum atomic E-state index is 11.6. The maximum absolute atomic E-state index is 11.6. The summed E-state index contributed by atoms with van der Waals surface area (Å²) < 4.78 is 0. The van der Waals surface area contributed by atoms with E-state index in [1.54, 1.807) is 0 Å². The number of hydrogen-bond acceptors (Lipinski definition) is 1. The van der Waals surface area contributed by atoms with Crippen molar-refractivity contribution in [2.75, 3.05) is 0 Å². The van der Waals surface area contributed by atoms with Crippen LogP contribution in [-0.4, -0.2) is 5.78 Å². The molecule has 4 unspecified atom stereocenters. The molecule has 2 rings (SSSR count). The monoisotopic (exact) mass is 192 g/mol. The zero-order valence-electron chi connectivity index (χ0n) is 9.20. The number of ketones is 1. The summed E-state index contributed by atoms with van der Waals surface area (Å²) in [6.45, 7) is 8.21. The van der Waals surface area contributed by atoms with Gasteiger partial charge in [-0.15, -0.1) is 0 Å². The van der Waals surface area contributed by atoms with Gasteiger partial charge in [-0.25, -0.2) is 0 Å². The van der Waals surface area contributed by atoms with Gasteiger partial charge in [-0.3, -0.25) is 4.79 Å². The van der Waals surface area contributed by atoms with E-state index in [0.717, 1.165) is 24.2 Å². The van der Waals surface area contributed by atoms with E-state index in [1.165, 1.54) is 18.9 Å². The molecule has 2 aliphatic carbocycles. The minimum absolute atomic E-state index is 0.291. The highest BCUT2D eigenvalue weighted by Gasteiger charge is 2.51. The van der Waals surface area contributed by atoms with E-state index in [1.807, 2.05) is 0 Å². The Kier molecular flexibility index (Phi) is 2.50. The highest BCUT2D eigenvalue weighted by molar-refractivity contribution is 5.91. The third-order valence-electron chi connectivity index (χ3n) is 4.39. The molecule has 0 amide bonds. The van der Waals surface area contributed by atoms with Crippen molar-refractivity contribution in [2.24, 2.45) is 29.6 Å². The van der Waals surface area contributed by atoms with Gasteiger partial charge >= 0.3 is 0 Å². The average Bonchev–Trinajstić information content (AvgIpc) is 2.41. The molecule has 2 fully saturated rings. The number of hydrogen-bond donors (Lipinski definition) is 0. The van der Waals surface area contributed by atoms with Gasteiger partial charge in [-0.05, 0) is 49.0 Å². The molecule has 0 saturated heterocycles. The number of carbonyl (C=O) groups excluding carboxylic acids is 1. The molecule has 4 atom stereocenters. The van der Waals surface area contributed by atoms with Crippen molar-refractivity contribution in [3.63, 3.8) is 0 Å². The number of rotatable bonds is 3. The van der Waals surface area contributed by atoms with E-state index >= 15 is 0 Å². The molecule has 0 aliphatic heterocycles. The number of carbonyl (C=O) groups is 1. The molecule has 78 valence electrons. The molecule has 0 radical (unpaired) electrons. The normalized spacial score (nSPS) is 40.5. The fourth-order valence-corrected chi connectivity index (χ4v) is 3.53. The molecule has 1 heteroatoms. The van der Waals surface area contributed by atoms with Crippen LogP contribution in [0, 0.1) is 29.6 Å². The summed E-state index contributed by atoms with van der Waals surface area (Å²) in [4.78, 5) is 11.6. The zero-order valence-corrected chi connectivity index (χ0v) is 9.20. The molecule has 0 aromatic heterocycles. The Balaban J connectivity index is 1.99. The lowest BCUT2D eigenvalue weighted by atomic mass is 9.60. The molecule has 0 N–H and O–H groups in total. The van der Waals surface area contributed by atoms with Crippen molar-refractivity contribution in [1.29, 1.82) is 0 Å². The zero-order chi connectivity index (χ0) is 10.3. The van der Waals surface area contributed by atoms with Gasteiger partial charge in [-0.1, -0.05) is 20.4 Å². The minimum Gasteiger partial charge on any atom is -0.295 e. The summed E-state index contributed by atoms with van der Waals surface area (Å²) in [5.74, 6) is 3.86. The summed E-state index contributed by atoms with van der Waals surface area (Å²) in [6, 6.07) is 0. The van der Waals surface area contributed by atoms with Crippen LogP contribution in [0.1, 0.15) is 33.1 Å². The first kappa shape index (κ1) is 9.95. The highest BCUT2D eigenvalue weighted by atomic mass is 16.1. The Morgan fingerprint density at radius 1 is 1.36 bits per heavy atom. The smallest absolute Gasteiger partial charge is 0.158 e. The fraction of sp³-hybridized carbons (Fsp3) is 0.769. The molecule has 2 aliphatic rings.